The van der Waals surface area contributed by atoms with Crippen molar-refractivity contribution in [3.8, 4) is 11.1 Å². The highest BCUT2D eigenvalue weighted by Crippen LogP contribution is 2.32. The standard InChI is InChI=1S/C21H24N2O2/c24-21(23-11-13-25-14-12-23)9-10-22-15-17-5-1-3-7-19(17)20-8-4-2-6-18(20)16-22/h1-8H,9-16H2. The Kier molecular flexibility index (Phi) is 4.81. The number of benzene rings is 2. The van der Waals surface area contributed by atoms with E-state index in [1.807, 2.05) is 4.90 Å². The molecule has 0 aromatic heterocycles. The van der Waals surface area contributed by atoms with E-state index in [4.69, 9.17) is 4.74 Å². The van der Waals surface area contributed by atoms with Gasteiger partial charge in [-0.3, -0.25) is 9.69 Å². The van der Waals surface area contributed by atoms with Crippen LogP contribution < -0.4 is 0 Å². The molecule has 130 valence electrons. The molecule has 1 saturated heterocycles. The van der Waals surface area contributed by atoms with Gasteiger partial charge in [0.15, 0.2) is 0 Å². The van der Waals surface area contributed by atoms with E-state index < -0.39 is 0 Å². The molecule has 2 heterocycles. The van der Waals surface area contributed by atoms with Crippen LogP contribution in [-0.2, 0) is 22.6 Å². The summed E-state index contributed by atoms with van der Waals surface area (Å²) in [6.45, 7) is 5.35. The lowest BCUT2D eigenvalue weighted by Gasteiger charge is -2.28. The van der Waals surface area contributed by atoms with E-state index in [1.165, 1.54) is 22.3 Å². The zero-order valence-electron chi connectivity index (χ0n) is 14.5. The number of carbonyl (C=O) groups is 1. The molecule has 0 aliphatic carbocycles. The Hall–Kier alpha value is -2.17. The van der Waals surface area contributed by atoms with E-state index in [2.05, 4.69) is 53.4 Å². The average molecular weight is 336 g/mol. The van der Waals surface area contributed by atoms with Gasteiger partial charge in [-0.25, -0.2) is 0 Å². The smallest absolute Gasteiger partial charge is 0.224 e. The van der Waals surface area contributed by atoms with Gasteiger partial charge in [-0.1, -0.05) is 48.5 Å². The second kappa shape index (κ2) is 7.38. The fraction of sp³-hybridized carbons (Fsp3) is 0.381. The largest absolute Gasteiger partial charge is 0.378 e. The molecule has 1 fully saturated rings. The summed E-state index contributed by atoms with van der Waals surface area (Å²) < 4.78 is 5.33. The maximum Gasteiger partial charge on any atom is 0.224 e. The van der Waals surface area contributed by atoms with Gasteiger partial charge in [0.05, 0.1) is 13.2 Å². The number of fused-ring (bicyclic) bond motifs is 3. The van der Waals surface area contributed by atoms with Crippen LogP contribution >= 0.6 is 0 Å². The highest BCUT2D eigenvalue weighted by atomic mass is 16.5. The first-order valence-electron chi connectivity index (χ1n) is 9.05. The highest BCUT2D eigenvalue weighted by Gasteiger charge is 2.21. The Morgan fingerprint density at radius 1 is 0.880 bits per heavy atom. The Labute approximate surface area is 149 Å². The summed E-state index contributed by atoms with van der Waals surface area (Å²) in [6.07, 6.45) is 0.574. The zero-order valence-corrected chi connectivity index (χ0v) is 14.5. The van der Waals surface area contributed by atoms with E-state index in [0.29, 0.717) is 19.6 Å². The van der Waals surface area contributed by atoms with Crippen molar-refractivity contribution in [1.29, 1.82) is 0 Å². The third-order valence-electron chi connectivity index (χ3n) is 5.12. The molecule has 4 nitrogen and oxygen atoms in total. The number of hydrogen-bond donors (Lipinski definition) is 0. The van der Waals surface area contributed by atoms with Gasteiger partial charge in [-0.15, -0.1) is 0 Å². The number of rotatable bonds is 3. The minimum Gasteiger partial charge on any atom is -0.378 e. The predicted molar refractivity (Wildman–Crippen MR) is 98.0 cm³/mol. The van der Waals surface area contributed by atoms with E-state index in [-0.39, 0.29) is 5.91 Å². The summed E-state index contributed by atoms with van der Waals surface area (Å²) in [6, 6.07) is 17.2. The quantitative estimate of drug-likeness (QED) is 0.864. The highest BCUT2D eigenvalue weighted by molar-refractivity contribution is 5.76. The summed E-state index contributed by atoms with van der Waals surface area (Å²) >= 11 is 0. The molecule has 0 atom stereocenters. The molecule has 25 heavy (non-hydrogen) atoms. The van der Waals surface area contributed by atoms with Gasteiger partial charge < -0.3 is 9.64 Å². The lowest BCUT2D eigenvalue weighted by Crippen LogP contribution is -2.41. The predicted octanol–water partition coefficient (Wildman–Crippen LogP) is 2.92. The van der Waals surface area contributed by atoms with Crippen molar-refractivity contribution in [3.63, 3.8) is 0 Å². The zero-order chi connectivity index (χ0) is 17.1. The Balaban J connectivity index is 1.49. The van der Waals surface area contributed by atoms with Crippen molar-refractivity contribution in [1.82, 2.24) is 9.80 Å². The lowest BCUT2D eigenvalue weighted by atomic mass is 9.97. The Bertz CT molecular complexity index is 706. The molecule has 1 amide bonds. The fourth-order valence-electron chi connectivity index (χ4n) is 3.76. The first-order valence-corrected chi connectivity index (χ1v) is 9.05. The molecule has 4 heteroatoms. The monoisotopic (exact) mass is 336 g/mol. The van der Waals surface area contributed by atoms with Gasteiger partial charge in [0.1, 0.15) is 0 Å². The number of amides is 1. The maximum atomic E-state index is 12.5. The minimum atomic E-state index is 0.245. The molecule has 2 aliphatic rings. The molecule has 4 rings (SSSR count). The topological polar surface area (TPSA) is 32.8 Å². The molecule has 0 radical (unpaired) electrons. The molecule has 0 spiro atoms. The maximum absolute atomic E-state index is 12.5. The van der Waals surface area contributed by atoms with Crippen molar-refractivity contribution in [2.45, 2.75) is 19.5 Å². The Morgan fingerprint density at radius 3 is 2.04 bits per heavy atom. The van der Waals surface area contributed by atoms with Gasteiger partial charge >= 0.3 is 0 Å². The average Bonchev–Trinajstić information content (AvgIpc) is 2.83. The van der Waals surface area contributed by atoms with Gasteiger partial charge in [-0.2, -0.15) is 0 Å². The number of nitrogens with zero attached hydrogens (tertiary/aromatic N) is 2. The lowest BCUT2D eigenvalue weighted by molar-refractivity contribution is -0.135. The van der Waals surface area contributed by atoms with Crippen LogP contribution in [0.25, 0.3) is 11.1 Å². The second-order valence-corrected chi connectivity index (χ2v) is 6.77. The molecule has 2 aromatic carbocycles. The first-order chi connectivity index (χ1) is 12.3. The van der Waals surface area contributed by atoms with Gasteiger partial charge in [0.2, 0.25) is 5.91 Å². The van der Waals surface area contributed by atoms with Crippen molar-refractivity contribution >= 4 is 5.91 Å². The number of morpholine rings is 1. The first kappa shape index (κ1) is 16.3. The molecule has 0 N–H and O–H groups in total. The van der Waals surface area contributed by atoms with Gasteiger partial charge in [0, 0.05) is 39.1 Å². The van der Waals surface area contributed by atoms with Crippen molar-refractivity contribution in [2.24, 2.45) is 0 Å². The minimum absolute atomic E-state index is 0.245. The molecule has 2 aromatic rings. The van der Waals surface area contributed by atoms with Gasteiger partial charge in [0.25, 0.3) is 0 Å². The molecule has 0 bridgehead atoms. The molecule has 2 aliphatic heterocycles. The molecule has 0 saturated carbocycles. The Morgan fingerprint density at radius 2 is 1.44 bits per heavy atom. The van der Waals surface area contributed by atoms with Crippen molar-refractivity contribution in [3.05, 3.63) is 59.7 Å². The summed E-state index contributed by atoms with van der Waals surface area (Å²) in [7, 11) is 0. The van der Waals surface area contributed by atoms with Crippen LogP contribution in [0.5, 0.6) is 0 Å². The van der Waals surface area contributed by atoms with E-state index in [1.54, 1.807) is 0 Å². The van der Waals surface area contributed by atoms with E-state index in [9.17, 15) is 4.79 Å². The third-order valence-corrected chi connectivity index (χ3v) is 5.12. The molecular weight excluding hydrogens is 312 g/mol. The molecular formula is C21H24N2O2. The van der Waals surface area contributed by atoms with Crippen molar-refractivity contribution in [2.75, 3.05) is 32.8 Å². The van der Waals surface area contributed by atoms with Crippen LogP contribution in [0.2, 0.25) is 0 Å². The number of carbonyl (C=O) groups excluding carboxylic acids is 1. The SMILES string of the molecule is O=C(CCN1Cc2ccccc2-c2ccccc2C1)N1CCOCC1. The van der Waals surface area contributed by atoms with Crippen LogP contribution in [0.3, 0.4) is 0 Å². The fourth-order valence-corrected chi connectivity index (χ4v) is 3.76. The van der Waals surface area contributed by atoms with Crippen molar-refractivity contribution < 1.29 is 9.53 Å². The van der Waals surface area contributed by atoms with Crippen LogP contribution in [0.15, 0.2) is 48.5 Å². The summed E-state index contributed by atoms with van der Waals surface area (Å²) in [5.41, 5.74) is 5.32. The van der Waals surface area contributed by atoms with E-state index in [0.717, 1.165) is 32.7 Å². The van der Waals surface area contributed by atoms with E-state index >= 15 is 0 Å². The second-order valence-electron chi connectivity index (χ2n) is 6.77. The van der Waals surface area contributed by atoms with Crippen LogP contribution in [0, 0.1) is 0 Å². The van der Waals surface area contributed by atoms with Crippen LogP contribution in [0.1, 0.15) is 17.5 Å². The number of hydrogen-bond acceptors (Lipinski definition) is 3. The van der Waals surface area contributed by atoms with Crippen LogP contribution in [0.4, 0.5) is 0 Å². The van der Waals surface area contributed by atoms with Gasteiger partial charge in [-0.05, 0) is 22.3 Å². The molecule has 0 unspecified atom stereocenters. The van der Waals surface area contributed by atoms with Crippen LogP contribution in [-0.4, -0.2) is 48.6 Å². The summed E-state index contributed by atoms with van der Waals surface area (Å²) in [4.78, 5) is 16.8. The third kappa shape index (κ3) is 3.60. The normalized spacial score (nSPS) is 17.5. The summed E-state index contributed by atoms with van der Waals surface area (Å²) in [5, 5.41) is 0. The number of ether oxygens (including phenoxy) is 1. The summed E-state index contributed by atoms with van der Waals surface area (Å²) in [5.74, 6) is 0.245.